The highest BCUT2D eigenvalue weighted by Crippen LogP contribution is 2.27. The normalized spacial score (nSPS) is 10.8. The van der Waals surface area contributed by atoms with Crippen LogP contribution in [0.4, 0.5) is 11.5 Å². The van der Waals surface area contributed by atoms with Gasteiger partial charge in [0.25, 0.3) is 0 Å². The van der Waals surface area contributed by atoms with Crippen LogP contribution in [-0.2, 0) is 6.42 Å². The number of pyridine rings is 1. The Morgan fingerprint density at radius 3 is 2.46 bits per heavy atom. The summed E-state index contributed by atoms with van der Waals surface area (Å²) in [5.41, 5.74) is 4.05. The Kier molecular flexibility index (Phi) is 4.50. The van der Waals surface area contributed by atoms with E-state index in [1.54, 1.807) is 0 Å². The Morgan fingerprint density at radius 2 is 1.69 bits per heavy atom. The van der Waals surface area contributed by atoms with Crippen LogP contribution in [0.5, 0.6) is 0 Å². The maximum Gasteiger partial charge on any atom is 0.160 e. The summed E-state index contributed by atoms with van der Waals surface area (Å²) in [4.78, 5) is 4.26. The van der Waals surface area contributed by atoms with Gasteiger partial charge in [0.1, 0.15) is 0 Å². The fourth-order valence-corrected chi connectivity index (χ4v) is 3.09. The smallest absolute Gasteiger partial charge is 0.160 e. The molecule has 26 heavy (non-hydrogen) atoms. The maximum absolute atomic E-state index is 5.96. The lowest BCUT2D eigenvalue weighted by Gasteiger charge is -2.11. The molecule has 5 heteroatoms. The van der Waals surface area contributed by atoms with E-state index in [0.717, 1.165) is 40.1 Å². The summed E-state index contributed by atoms with van der Waals surface area (Å²) < 4.78 is 0. The molecule has 4 nitrogen and oxygen atoms in total. The number of benzene rings is 2. The van der Waals surface area contributed by atoms with Crippen LogP contribution >= 0.6 is 11.6 Å². The van der Waals surface area contributed by atoms with Crippen molar-refractivity contribution in [2.24, 2.45) is 0 Å². The van der Waals surface area contributed by atoms with Crippen LogP contribution in [-0.4, -0.2) is 15.2 Å². The van der Waals surface area contributed by atoms with Gasteiger partial charge in [0, 0.05) is 39.8 Å². The van der Waals surface area contributed by atoms with Crippen molar-refractivity contribution in [2.75, 3.05) is 5.32 Å². The van der Waals surface area contributed by atoms with Gasteiger partial charge in [0.2, 0.25) is 0 Å². The zero-order valence-corrected chi connectivity index (χ0v) is 15.0. The Hall–Kier alpha value is -2.98. The molecule has 0 saturated carbocycles. The van der Waals surface area contributed by atoms with Crippen LogP contribution in [0.3, 0.4) is 0 Å². The summed E-state index contributed by atoms with van der Waals surface area (Å²) in [5, 5.41) is 15.1. The summed E-state index contributed by atoms with van der Waals surface area (Å²) in [6.45, 7) is 1.99. The lowest BCUT2D eigenvalue weighted by atomic mass is 10.0. The van der Waals surface area contributed by atoms with E-state index >= 15 is 0 Å². The minimum absolute atomic E-state index is 0.703. The van der Waals surface area contributed by atoms with Gasteiger partial charge in [-0.05, 0) is 48.9 Å². The molecular weight excluding hydrogens is 344 g/mol. The van der Waals surface area contributed by atoms with Gasteiger partial charge in [-0.1, -0.05) is 35.9 Å². The lowest BCUT2D eigenvalue weighted by Crippen LogP contribution is -2.02. The predicted molar refractivity (Wildman–Crippen MR) is 106 cm³/mol. The number of halogens is 1. The first-order valence-corrected chi connectivity index (χ1v) is 8.75. The van der Waals surface area contributed by atoms with Gasteiger partial charge in [-0.15, -0.1) is 5.10 Å². The average Bonchev–Trinajstić information content (AvgIpc) is 2.65. The van der Waals surface area contributed by atoms with Crippen molar-refractivity contribution < 1.29 is 0 Å². The third kappa shape index (κ3) is 3.51. The molecule has 0 aliphatic rings. The number of hydrogen-bond donors (Lipinski definition) is 1. The molecule has 0 fully saturated rings. The maximum atomic E-state index is 5.96. The molecule has 0 amide bonds. The number of anilines is 2. The Bertz CT molecular complexity index is 1060. The van der Waals surface area contributed by atoms with Crippen molar-refractivity contribution in [2.45, 2.75) is 13.3 Å². The Labute approximate surface area is 156 Å². The Balaban J connectivity index is 1.72. The molecule has 0 bridgehead atoms. The summed E-state index contributed by atoms with van der Waals surface area (Å²) in [7, 11) is 0. The molecule has 0 saturated heterocycles. The first-order valence-electron chi connectivity index (χ1n) is 8.37. The van der Waals surface area contributed by atoms with Gasteiger partial charge in [-0.25, -0.2) is 0 Å². The second-order valence-electron chi connectivity index (χ2n) is 6.16. The number of aryl methyl sites for hydroxylation is 1. The third-order valence-electron chi connectivity index (χ3n) is 4.20. The summed E-state index contributed by atoms with van der Waals surface area (Å²) in [5.74, 6) is 0.734. The monoisotopic (exact) mass is 360 g/mol. The van der Waals surface area contributed by atoms with E-state index in [9.17, 15) is 0 Å². The van der Waals surface area contributed by atoms with Gasteiger partial charge < -0.3 is 5.32 Å². The highest BCUT2D eigenvalue weighted by atomic mass is 35.5. The van der Waals surface area contributed by atoms with E-state index < -0.39 is 0 Å². The number of aromatic nitrogens is 3. The van der Waals surface area contributed by atoms with Crippen molar-refractivity contribution in [1.82, 2.24) is 15.2 Å². The molecule has 4 rings (SSSR count). The first-order chi connectivity index (χ1) is 12.7. The standard InChI is InChI=1S/C21H17ClN4/c1-14-12-15(10-11-23-14)13-20-18-4-2-3-5-19(18)21(26-25-20)24-17-8-6-16(22)7-9-17/h2-12H,13H2,1H3,(H,24,26). The molecule has 1 N–H and O–H groups in total. The SMILES string of the molecule is Cc1cc(Cc2nnc(Nc3ccc(Cl)cc3)c3ccccc23)ccn1. The average molecular weight is 361 g/mol. The first kappa shape index (κ1) is 16.5. The third-order valence-corrected chi connectivity index (χ3v) is 4.46. The number of rotatable bonds is 4. The molecule has 0 spiro atoms. The molecule has 2 aromatic carbocycles. The van der Waals surface area contributed by atoms with Crippen molar-refractivity contribution in [3.05, 3.63) is 88.8 Å². The molecule has 0 atom stereocenters. The van der Waals surface area contributed by atoms with Crippen LogP contribution in [0.2, 0.25) is 5.02 Å². The zero-order chi connectivity index (χ0) is 17.9. The minimum Gasteiger partial charge on any atom is -0.338 e. The quantitative estimate of drug-likeness (QED) is 0.535. The fourth-order valence-electron chi connectivity index (χ4n) is 2.96. The minimum atomic E-state index is 0.703. The van der Waals surface area contributed by atoms with E-state index in [4.69, 9.17) is 11.6 Å². The van der Waals surface area contributed by atoms with E-state index in [2.05, 4.69) is 38.7 Å². The molecule has 128 valence electrons. The predicted octanol–water partition coefficient (Wildman–Crippen LogP) is 5.32. The highest BCUT2D eigenvalue weighted by Gasteiger charge is 2.10. The van der Waals surface area contributed by atoms with Crippen molar-refractivity contribution in [3.63, 3.8) is 0 Å². The van der Waals surface area contributed by atoms with Gasteiger partial charge in [-0.2, -0.15) is 5.10 Å². The van der Waals surface area contributed by atoms with Crippen molar-refractivity contribution in [1.29, 1.82) is 0 Å². The molecule has 0 aliphatic heterocycles. The van der Waals surface area contributed by atoms with E-state index in [0.29, 0.717) is 5.02 Å². The lowest BCUT2D eigenvalue weighted by molar-refractivity contribution is 0.958. The fraction of sp³-hybridized carbons (Fsp3) is 0.0952. The second-order valence-corrected chi connectivity index (χ2v) is 6.59. The van der Waals surface area contributed by atoms with Crippen LogP contribution in [0.25, 0.3) is 10.8 Å². The molecule has 0 aliphatic carbocycles. The van der Waals surface area contributed by atoms with Crippen molar-refractivity contribution in [3.8, 4) is 0 Å². The molecule has 2 heterocycles. The van der Waals surface area contributed by atoms with E-state index in [1.165, 1.54) is 5.56 Å². The number of hydrogen-bond acceptors (Lipinski definition) is 4. The molecule has 0 radical (unpaired) electrons. The number of nitrogens with one attached hydrogen (secondary N) is 1. The van der Waals surface area contributed by atoms with Crippen LogP contribution in [0, 0.1) is 6.92 Å². The number of fused-ring (bicyclic) bond motifs is 1. The van der Waals surface area contributed by atoms with Gasteiger partial charge in [0.05, 0.1) is 5.69 Å². The van der Waals surface area contributed by atoms with Crippen LogP contribution in [0.1, 0.15) is 17.0 Å². The van der Waals surface area contributed by atoms with Crippen molar-refractivity contribution >= 4 is 33.9 Å². The second kappa shape index (κ2) is 7.10. The van der Waals surface area contributed by atoms with E-state index in [-0.39, 0.29) is 0 Å². The van der Waals surface area contributed by atoms with E-state index in [1.807, 2.05) is 55.6 Å². The molecule has 0 unspecified atom stereocenters. The Morgan fingerprint density at radius 1 is 0.923 bits per heavy atom. The molecule has 4 aromatic rings. The topological polar surface area (TPSA) is 50.7 Å². The molecule has 2 aromatic heterocycles. The summed E-state index contributed by atoms with van der Waals surface area (Å²) in [6, 6.07) is 19.8. The highest BCUT2D eigenvalue weighted by molar-refractivity contribution is 6.30. The largest absolute Gasteiger partial charge is 0.338 e. The van der Waals surface area contributed by atoms with Gasteiger partial charge >= 0.3 is 0 Å². The number of nitrogens with zero attached hydrogens (tertiary/aromatic N) is 3. The summed E-state index contributed by atoms with van der Waals surface area (Å²) in [6.07, 6.45) is 2.55. The zero-order valence-electron chi connectivity index (χ0n) is 14.3. The molecular formula is C21H17ClN4. The van der Waals surface area contributed by atoms with Gasteiger partial charge in [-0.3, -0.25) is 4.98 Å². The van der Waals surface area contributed by atoms with Gasteiger partial charge in [0.15, 0.2) is 5.82 Å². The van der Waals surface area contributed by atoms with Crippen LogP contribution < -0.4 is 5.32 Å². The van der Waals surface area contributed by atoms with Crippen LogP contribution in [0.15, 0.2) is 66.9 Å². The summed E-state index contributed by atoms with van der Waals surface area (Å²) >= 11 is 5.96.